The van der Waals surface area contributed by atoms with Crippen LogP contribution in [0, 0.1) is 5.92 Å². The number of carbonyl (C=O) groups is 3. The Morgan fingerprint density at radius 1 is 0.826 bits per heavy atom. The lowest BCUT2D eigenvalue weighted by molar-refractivity contribution is -0.147. The number of amides is 3. The highest BCUT2D eigenvalue weighted by molar-refractivity contribution is 5.85. The SMILES string of the molecule is CC(C)c1ccc2c(c1)CCN(C(=O)[C@@H]1CCCN(c3cccc(OC(C)(C)C(=O)N4CCN(C(=O)OC(C)(C)C)CC4)c3)C1)C2. The minimum absolute atomic E-state index is 0.0489. The maximum Gasteiger partial charge on any atom is 0.410 e. The Morgan fingerprint density at radius 3 is 2.24 bits per heavy atom. The van der Waals surface area contributed by atoms with Gasteiger partial charge < -0.3 is 29.1 Å². The van der Waals surface area contributed by atoms with Crippen molar-refractivity contribution >= 4 is 23.6 Å². The largest absolute Gasteiger partial charge is 0.478 e. The second-order valence-corrected chi connectivity index (χ2v) is 14.8. The summed E-state index contributed by atoms with van der Waals surface area (Å²) < 4.78 is 11.8. The van der Waals surface area contributed by atoms with Crippen LogP contribution in [0.25, 0.3) is 0 Å². The number of rotatable bonds is 6. The van der Waals surface area contributed by atoms with Crippen LogP contribution in [0.1, 0.15) is 83.9 Å². The fourth-order valence-electron chi connectivity index (χ4n) is 6.67. The van der Waals surface area contributed by atoms with E-state index >= 15 is 0 Å². The lowest BCUT2D eigenvalue weighted by Crippen LogP contribution is -2.57. The van der Waals surface area contributed by atoms with Crippen LogP contribution in [-0.2, 0) is 27.3 Å². The van der Waals surface area contributed by atoms with Gasteiger partial charge in [-0.25, -0.2) is 4.79 Å². The normalized spacial score (nSPS) is 19.2. The quantitative estimate of drug-likeness (QED) is 0.398. The summed E-state index contributed by atoms with van der Waals surface area (Å²) >= 11 is 0. The van der Waals surface area contributed by atoms with Crippen molar-refractivity contribution in [3.63, 3.8) is 0 Å². The van der Waals surface area contributed by atoms with E-state index in [9.17, 15) is 14.4 Å². The zero-order chi connectivity index (χ0) is 33.2. The fraction of sp³-hybridized carbons (Fsp3) is 0.595. The van der Waals surface area contributed by atoms with Crippen LogP contribution >= 0.6 is 0 Å². The van der Waals surface area contributed by atoms with Crippen molar-refractivity contribution in [1.29, 1.82) is 0 Å². The molecule has 0 unspecified atom stereocenters. The van der Waals surface area contributed by atoms with Crippen LogP contribution in [-0.4, -0.2) is 89.6 Å². The summed E-state index contributed by atoms with van der Waals surface area (Å²) in [6.07, 6.45) is 2.40. The molecule has 0 N–H and O–H groups in total. The van der Waals surface area contributed by atoms with Gasteiger partial charge in [-0.2, -0.15) is 0 Å². The van der Waals surface area contributed by atoms with Gasteiger partial charge in [0.25, 0.3) is 5.91 Å². The average Bonchev–Trinajstić information content (AvgIpc) is 3.02. The standard InChI is InChI=1S/C37H52N4O5/c1-26(2)27-13-14-29-24-41(17-15-28(29)22-27)33(42)30-10-9-16-40(25-30)31-11-8-12-32(23-31)45-37(6,7)34(43)38-18-20-39(21-19-38)35(44)46-36(3,4)5/h8,11-14,22-23,26,30H,9-10,15-21,24-25H2,1-7H3/t30-/m1/s1. The summed E-state index contributed by atoms with van der Waals surface area (Å²) in [6, 6.07) is 14.6. The first-order valence-corrected chi connectivity index (χ1v) is 16.9. The molecule has 0 radical (unpaired) electrons. The molecule has 3 aliphatic heterocycles. The number of anilines is 1. The molecule has 9 heteroatoms. The van der Waals surface area contributed by atoms with Crippen LogP contribution in [0.2, 0.25) is 0 Å². The third-order valence-corrected chi connectivity index (χ3v) is 9.28. The fourth-order valence-corrected chi connectivity index (χ4v) is 6.67. The number of ether oxygens (including phenoxy) is 2. The molecular weight excluding hydrogens is 580 g/mol. The van der Waals surface area contributed by atoms with E-state index in [4.69, 9.17) is 9.47 Å². The first-order valence-electron chi connectivity index (χ1n) is 16.9. The molecule has 46 heavy (non-hydrogen) atoms. The van der Waals surface area contributed by atoms with E-state index in [1.54, 1.807) is 23.6 Å². The number of piperazine rings is 1. The van der Waals surface area contributed by atoms with E-state index in [2.05, 4.69) is 36.9 Å². The molecule has 2 aromatic rings. The number of piperidine rings is 1. The third kappa shape index (κ3) is 7.96. The first kappa shape index (κ1) is 33.6. The van der Waals surface area contributed by atoms with E-state index < -0.39 is 11.2 Å². The summed E-state index contributed by atoms with van der Waals surface area (Å²) in [4.78, 5) is 47.4. The van der Waals surface area contributed by atoms with Gasteiger partial charge in [0.05, 0.1) is 5.92 Å². The molecule has 2 aromatic carbocycles. The number of benzene rings is 2. The van der Waals surface area contributed by atoms with Gasteiger partial charge in [-0.05, 0) is 88.6 Å². The topological polar surface area (TPSA) is 82.6 Å². The van der Waals surface area contributed by atoms with Gasteiger partial charge in [0.2, 0.25) is 5.91 Å². The Bertz CT molecular complexity index is 1420. The second-order valence-electron chi connectivity index (χ2n) is 14.8. The predicted molar refractivity (Wildman–Crippen MR) is 180 cm³/mol. The van der Waals surface area contributed by atoms with Crippen LogP contribution in [0.15, 0.2) is 42.5 Å². The summed E-state index contributed by atoms with van der Waals surface area (Å²) in [5.74, 6) is 1.20. The monoisotopic (exact) mass is 632 g/mol. The second kappa shape index (κ2) is 13.5. The van der Waals surface area contributed by atoms with Crippen molar-refractivity contribution in [3.05, 3.63) is 59.2 Å². The van der Waals surface area contributed by atoms with Crippen molar-refractivity contribution in [2.24, 2.45) is 5.92 Å². The van der Waals surface area contributed by atoms with E-state index in [0.29, 0.717) is 50.9 Å². The Morgan fingerprint density at radius 2 is 1.54 bits per heavy atom. The number of fused-ring (bicyclic) bond motifs is 1. The molecule has 2 fully saturated rings. The molecule has 3 heterocycles. The Hall–Kier alpha value is -3.75. The van der Waals surface area contributed by atoms with Gasteiger partial charge >= 0.3 is 6.09 Å². The van der Waals surface area contributed by atoms with Gasteiger partial charge in [-0.15, -0.1) is 0 Å². The molecule has 0 aliphatic carbocycles. The first-order chi connectivity index (χ1) is 21.7. The summed E-state index contributed by atoms with van der Waals surface area (Å²) in [7, 11) is 0. The van der Waals surface area contributed by atoms with Crippen LogP contribution in [0.3, 0.4) is 0 Å². The van der Waals surface area contributed by atoms with Crippen molar-refractivity contribution < 1.29 is 23.9 Å². The molecule has 5 rings (SSSR count). The Kier molecular flexibility index (Phi) is 9.89. The number of hydrogen-bond donors (Lipinski definition) is 0. The minimum Gasteiger partial charge on any atom is -0.478 e. The zero-order valence-electron chi connectivity index (χ0n) is 28.8. The summed E-state index contributed by atoms with van der Waals surface area (Å²) in [5.41, 5.74) is 3.35. The van der Waals surface area contributed by atoms with Crippen LogP contribution < -0.4 is 9.64 Å². The van der Waals surface area contributed by atoms with E-state index in [1.807, 2.05) is 49.9 Å². The van der Waals surface area contributed by atoms with Crippen molar-refractivity contribution in [3.8, 4) is 5.75 Å². The highest BCUT2D eigenvalue weighted by Gasteiger charge is 2.37. The smallest absolute Gasteiger partial charge is 0.410 e. The summed E-state index contributed by atoms with van der Waals surface area (Å²) in [5, 5.41) is 0. The van der Waals surface area contributed by atoms with Crippen LogP contribution in [0.5, 0.6) is 5.75 Å². The van der Waals surface area contributed by atoms with Crippen molar-refractivity contribution in [2.75, 3.05) is 50.7 Å². The van der Waals surface area contributed by atoms with E-state index in [0.717, 1.165) is 38.0 Å². The summed E-state index contributed by atoms with van der Waals surface area (Å²) in [6.45, 7) is 18.2. The van der Waals surface area contributed by atoms with Crippen LogP contribution in [0.4, 0.5) is 10.5 Å². The number of nitrogens with zero attached hydrogens (tertiary/aromatic N) is 4. The van der Waals surface area contributed by atoms with Gasteiger partial charge in [0.1, 0.15) is 11.4 Å². The van der Waals surface area contributed by atoms with Crippen molar-refractivity contribution in [1.82, 2.24) is 14.7 Å². The molecule has 0 spiro atoms. The number of hydrogen-bond acceptors (Lipinski definition) is 6. The molecular formula is C37H52N4O5. The molecule has 0 aromatic heterocycles. The Balaban J connectivity index is 1.17. The van der Waals surface area contributed by atoms with Gasteiger partial charge in [0.15, 0.2) is 5.60 Å². The predicted octanol–water partition coefficient (Wildman–Crippen LogP) is 5.85. The molecule has 0 saturated carbocycles. The lowest BCUT2D eigenvalue weighted by Gasteiger charge is -2.39. The Labute approximate surface area is 274 Å². The van der Waals surface area contributed by atoms with E-state index in [-0.39, 0.29) is 23.8 Å². The lowest BCUT2D eigenvalue weighted by atomic mass is 9.91. The maximum absolute atomic E-state index is 13.7. The average molecular weight is 633 g/mol. The van der Waals surface area contributed by atoms with E-state index in [1.165, 1.54) is 16.7 Å². The maximum atomic E-state index is 13.7. The van der Waals surface area contributed by atoms with Gasteiger partial charge in [-0.1, -0.05) is 38.1 Å². The molecule has 3 aliphatic rings. The third-order valence-electron chi connectivity index (χ3n) is 9.28. The van der Waals surface area contributed by atoms with Crippen molar-refractivity contribution in [2.45, 2.75) is 91.4 Å². The highest BCUT2D eigenvalue weighted by Crippen LogP contribution is 2.31. The highest BCUT2D eigenvalue weighted by atomic mass is 16.6. The van der Waals surface area contributed by atoms with Gasteiger partial charge in [-0.3, -0.25) is 9.59 Å². The molecule has 9 nitrogen and oxygen atoms in total. The molecule has 0 bridgehead atoms. The molecule has 1 atom stereocenters. The number of carbonyl (C=O) groups excluding carboxylic acids is 3. The molecule has 3 amide bonds. The molecule has 250 valence electrons. The zero-order valence-corrected chi connectivity index (χ0v) is 28.8. The minimum atomic E-state index is -1.09. The van der Waals surface area contributed by atoms with Gasteiger partial charge in [0, 0.05) is 64.1 Å². The molecule has 2 saturated heterocycles.